The van der Waals surface area contributed by atoms with Crippen LogP contribution in [0.4, 0.5) is 0 Å². The van der Waals surface area contributed by atoms with Gasteiger partial charge in [0, 0.05) is 30.8 Å². The highest BCUT2D eigenvalue weighted by molar-refractivity contribution is 7.92. The highest BCUT2D eigenvalue weighted by Crippen LogP contribution is 2.33. The maximum atomic E-state index is 11.8. The van der Waals surface area contributed by atoms with Crippen LogP contribution in [0.5, 0.6) is 0 Å². The second-order valence-corrected chi connectivity index (χ2v) is 9.03. The molecule has 1 aliphatic heterocycles. The average molecular weight is 371 g/mol. The molecule has 3 rings (SSSR count). The van der Waals surface area contributed by atoms with E-state index in [1.165, 1.54) is 6.26 Å². The fourth-order valence-electron chi connectivity index (χ4n) is 3.01. The molecule has 1 fully saturated rings. The Bertz CT molecular complexity index is 776. The highest BCUT2D eigenvalue weighted by Gasteiger charge is 2.29. The molecule has 0 saturated carbocycles. The summed E-state index contributed by atoms with van der Waals surface area (Å²) in [5.41, 5.74) is 0.641. The summed E-state index contributed by atoms with van der Waals surface area (Å²) in [4.78, 5) is 2.31. The first kappa shape index (κ1) is 17.5. The number of furan rings is 1. The Labute approximate surface area is 145 Å². The molecule has 0 radical (unpaired) electrons. The lowest BCUT2D eigenvalue weighted by Crippen LogP contribution is -2.32. The number of nitrogens with zero attached hydrogens (tertiary/aromatic N) is 3. The van der Waals surface area contributed by atoms with Crippen LogP contribution in [-0.4, -0.2) is 49.4 Å². The number of rotatable bonds is 6. The van der Waals surface area contributed by atoms with E-state index >= 15 is 0 Å². The number of piperidine rings is 1. The van der Waals surface area contributed by atoms with Crippen LogP contribution in [0.15, 0.2) is 20.8 Å². The molecule has 1 saturated heterocycles. The monoisotopic (exact) mass is 371 g/mol. The third-order valence-corrected chi connectivity index (χ3v) is 6.73. The lowest BCUT2D eigenvalue weighted by Gasteiger charge is -2.30. The van der Waals surface area contributed by atoms with E-state index in [0.717, 1.165) is 55.5 Å². The van der Waals surface area contributed by atoms with E-state index in [9.17, 15) is 8.42 Å². The zero-order valence-corrected chi connectivity index (χ0v) is 15.4. The minimum atomic E-state index is -3.25. The molecule has 0 bridgehead atoms. The van der Waals surface area contributed by atoms with E-state index in [2.05, 4.69) is 14.5 Å². The molecule has 0 amide bonds. The van der Waals surface area contributed by atoms with Crippen LogP contribution in [0, 0.1) is 0 Å². The van der Waals surface area contributed by atoms with Gasteiger partial charge in [0.25, 0.3) is 0 Å². The number of aromatic nitrogens is 2. The van der Waals surface area contributed by atoms with Crippen molar-refractivity contribution in [3.63, 3.8) is 0 Å². The lowest BCUT2D eigenvalue weighted by molar-refractivity contribution is 0.154. The van der Waals surface area contributed by atoms with Gasteiger partial charge in [-0.1, -0.05) is 4.49 Å². The molecule has 2 aromatic rings. The standard InChI is InChI=1S/C15H21N3O4S2/c1-21-10-13-4-3-12(22-13)9-18-7-5-11(6-8-18)14-15(23-17-16-14)24(2,19)20/h3-4,11H,5-10H2,1-2H3. The summed E-state index contributed by atoms with van der Waals surface area (Å²) in [6.07, 6.45) is 2.97. The van der Waals surface area contributed by atoms with Gasteiger partial charge in [0.05, 0.1) is 12.2 Å². The van der Waals surface area contributed by atoms with Gasteiger partial charge in [-0.15, -0.1) is 5.10 Å². The number of ether oxygens (including phenoxy) is 1. The van der Waals surface area contributed by atoms with Gasteiger partial charge >= 0.3 is 0 Å². The molecule has 0 spiro atoms. The first-order chi connectivity index (χ1) is 11.5. The number of sulfone groups is 1. The quantitative estimate of drug-likeness (QED) is 0.768. The minimum Gasteiger partial charge on any atom is -0.462 e. The van der Waals surface area contributed by atoms with Crippen molar-refractivity contribution >= 4 is 21.4 Å². The average Bonchev–Trinajstić information content (AvgIpc) is 3.17. The molecule has 9 heteroatoms. The summed E-state index contributed by atoms with van der Waals surface area (Å²) >= 11 is 0.971. The molecule has 2 aromatic heterocycles. The summed E-state index contributed by atoms with van der Waals surface area (Å²) in [6.45, 7) is 3.00. The van der Waals surface area contributed by atoms with Gasteiger partial charge in [0.15, 0.2) is 14.0 Å². The minimum absolute atomic E-state index is 0.158. The van der Waals surface area contributed by atoms with Crippen LogP contribution in [0.1, 0.15) is 36.0 Å². The Hall–Kier alpha value is -1.29. The maximum absolute atomic E-state index is 11.8. The molecule has 0 unspecified atom stereocenters. The predicted octanol–water partition coefficient (Wildman–Crippen LogP) is 2.06. The number of methoxy groups -OCH3 is 1. The summed E-state index contributed by atoms with van der Waals surface area (Å²) in [5, 5.41) is 4.08. The summed E-state index contributed by atoms with van der Waals surface area (Å²) in [5.74, 6) is 1.91. The molecule has 0 N–H and O–H groups in total. The Morgan fingerprint density at radius 1 is 1.33 bits per heavy atom. The summed E-state index contributed by atoms with van der Waals surface area (Å²) < 4.78 is 38.6. The van der Waals surface area contributed by atoms with Crippen molar-refractivity contribution in [3.05, 3.63) is 29.3 Å². The van der Waals surface area contributed by atoms with Crippen molar-refractivity contribution in [2.45, 2.75) is 36.1 Å². The van der Waals surface area contributed by atoms with Gasteiger partial charge in [-0.2, -0.15) is 0 Å². The Balaban J connectivity index is 1.59. The normalized spacial score (nSPS) is 17.4. The fraction of sp³-hybridized carbons (Fsp3) is 0.600. The van der Waals surface area contributed by atoms with Gasteiger partial charge in [-0.3, -0.25) is 4.90 Å². The first-order valence-corrected chi connectivity index (χ1v) is 10.4. The second kappa shape index (κ2) is 7.30. The molecule has 7 nitrogen and oxygen atoms in total. The van der Waals surface area contributed by atoms with E-state index in [0.29, 0.717) is 16.5 Å². The Morgan fingerprint density at radius 3 is 2.71 bits per heavy atom. The van der Waals surface area contributed by atoms with Gasteiger partial charge in [0.1, 0.15) is 18.1 Å². The summed E-state index contributed by atoms with van der Waals surface area (Å²) in [7, 11) is -1.61. The smallest absolute Gasteiger partial charge is 0.188 e. The number of likely N-dealkylation sites (tertiary alicyclic amines) is 1. The predicted molar refractivity (Wildman–Crippen MR) is 89.7 cm³/mol. The third kappa shape index (κ3) is 4.02. The third-order valence-electron chi connectivity index (χ3n) is 4.18. The number of hydrogen-bond acceptors (Lipinski definition) is 8. The Kier molecular flexibility index (Phi) is 5.33. The van der Waals surface area contributed by atoms with E-state index in [4.69, 9.17) is 9.15 Å². The van der Waals surface area contributed by atoms with Crippen LogP contribution in [0.25, 0.3) is 0 Å². The van der Waals surface area contributed by atoms with Crippen LogP contribution >= 0.6 is 11.5 Å². The highest BCUT2D eigenvalue weighted by atomic mass is 32.2. The zero-order valence-electron chi connectivity index (χ0n) is 13.8. The molecule has 24 heavy (non-hydrogen) atoms. The van der Waals surface area contributed by atoms with Crippen LogP contribution in [-0.2, 0) is 27.7 Å². The maximum Gasteiger partial charge on any atom is 0.188 e. The Morgan fingerprint density at radius 2 is 2.04 bits per heavy atom. The first-order valence-electron chi connectivity index (χ1n) is 7.78. The lowest BCUT2D eigenvalue weighted by atomic mass is 9.94. The van der Waals surface area contributed by atoms with Crippen molar-refractivity contribution in [2.24, 2.45) is 0 Å². The van der Waals surface area contributed by atoms with Crippen LogP contribution in [0.2, 0.25) is 0 Å². The van der Waals surface area contributed by atoms with Crippen molar-refractivity contribution in [1.82, 2.24) is 14.5 Å². The molecule has 0 aromatic carbocycles. The summed E-state index contributed by atoms with van der Waals surface area (Å²) in [6, 6.07) is 3.91. The van der Waals surface area contributed by atoms with Gasteiger partial charge in [-0.25, -0.2) is 8.42 Å². The van der Waals surface area contributed by atoms with Gasteiger partial charge in [-0.05, 0) is 38.1 Å². The van der Waals surface area contributed by atoms with E-state index in [-0.39, 0.29) is 5.92 Å². The van der Waals surface area contributed by atoms with E-state index < -0.39 is 9.84 Å². The van der Waals surface area contributed by atoms with Crippen molar-refractivity contribution in [2.75, 3.05) is 26.5 Å². The largest absolute Gasteiger partial charge is 0.462 e. The van der Waals surface area contributed by atoms with Crippen LogP contribution in [0.3, 0.4) is 0 Å². The zero-order chi connectivity index (χ0) is 17.2. The van der Waals surface area contributed by atoms with E-state index in [1.807, 2.05) is 12.1 Å². The van der Waals surface area contributed by atoms with Gasteiger partial charge < -0.3 is 9.15 Å². The molecule has 1 aliphatic rings. The fourth-order valence-corrected chi connectivity index (χ4v) is 4.74. The molecular formula is C15H21N3O4S2. The van der Waals surface area contributed by atoms with Crippen molar-refractivity contribution < 1.29 is 17.6 Å². The van der Waals surface area contributed by atoms with Crippen molar-refractivity contribution in [1.29, 1.82) is 0 Å². The van der Waals surface area contributed by atoms with Crippen LogP contribution < -0.4 is 0 Å². The molecule has 0 atom stereocenters. The topological polar surface area (TPSA) is 85.5 Å². The number of hydrogen-bond donors (Lipinski definition) is 0. The molecule has 0 aliphatic carbocycles. The SMILES string of the molecule is COCc1ccc(CN2CCC(c3nnsc3S(C)(=O)=O)CC2)o1. The van der Waals surface area contributed by atoms with Gasteiger partial charge in [0.2, 0.25) is 0 Å². The van der Waals surface area contributed by atoms with E-state index in [1.54, 1.807) is 7.11 Å². The second-order valence-electron chi connectivity index (χ2n) is 6.07. The molecular weight excluding hydrogens is 350 g/mol. The van der Waals surface area contributed by atoms with Crippen molar-refractivity contribution in [3.8, 4) is 0 Å². The molecule has 3 heterocycles. The molecule has 132 valence electrons.